The molecule has 35 heavy (non-hydrogen) atoms. The number of hydrogen-bond donors (Lipinski definition) is 1. The monoisotopic (exact) mass is 490 g/mol. The van der Waals surface area contributed by atoms with Crippen LogP contribution >= 0.6 is 0 Å². The van der Waals surface area contributed by atoms with Crippen LogP contribution in [0.15, 0.2) is 55.0 Å². The number of hydrogen-bond acceptors (Lipinski definition) is 5. The lowest BCUT2D eigenvalue weighted by atomic mass is 10.0. The number of nitriles is 1. The van der Waals surface area contributed by atoms with Crippen LogP contribution in [0.1, 0.15) is 28.8 Å². The molecular formula is C23H16F6N6. The molecule has 0 amide bonds. The summed E-state index contributed by atoms with van der Waals surface area (Å²) in [4.78, 5) is 12.6. The van der Waals surface area contributed by atoms with Crippen LogP contribution in [0.25, 0.3) is 16.9 Å². The number of alkyl halides is 6. The number of aromatic nitrogens is 4. The number of halogens is 6. The molecule has 12 heteroatoms. The summed E-state index contributed by atoms with van der Waals surface area (Å²) in [7, 11) is 0. The molecule has 0 aliphatic rings. The highest BCUT2D eigenvalue weighted by Gasteiger charge is 2.37. The minimum absolute atomic E-state index is 0.0773. The molecule has 1 aromatic carbocycles. The summed E-state index contributed by atoms with van der Waals surface area (Å²) in [5.41, 5.74) is -1.74. The number of imidazole rings is 1. The Hall–Kier alpha value is -4.14. The average molecular weight is 490 g/mol. The summed E-state index contributed by atoms with van der Waals surface area (Å²) < 4.78 is 81.3. The first-order chi connectivity index (χ1) is 16.5. The van der Waals surface area contributed by atoms with Crippen LogP contribution in [0.5, 0.6) is 0 Å². The van der Waals surface area contributed by atoms with Crippen LogP contribution < -0.4 is 5.32 Å². The van der Waals surface area contributed by atoms with E-state index in [0.29, 0.717) is 42.7 Å². The van der Waals surface area contributed by atoms with E-state index in [2.05, 4.69) is 20.3 Å². The van der Waals surface area contributed by atoms with E-state index in [1.165, 1.54) is 18.5 Å². The molecule has 0 atom stereocenters. The molecule has 1 N–H and O–H groups in total. The zero-order valence-electron chi connectivity index (χ0n) is 17.8. The molecule has 0 aliphatic carbocycles. The highest BCUT2D eigenvalue weighted by atomic mass is 19.4. The Morgan fingerprint density at radius 2 is 1.66 bits per heavy atom. The molecule has 4 aromatic rings. The van der Waals surface area contributed by atoms with Gasteiger partial charge in [-0.05, 0) is 43.2 Å². The van der Waals surface area contributed by atoms with Crippen LogP contribution in [0.2, 0.25) is 0 Å². The quantitative estimate of drug-likeness (QED) is 0.275. The zero-order chi connectivity index (χ0) is 25.2. The molecule has 0 saturated heterocycles. The van der Waals surface area contributed by atoms with Crippen LogP contribution in [0.3, 0.4) is 0 Å². The summed E-state index contributed by atoms with van der Waals surface area (Å²) >= 11 is 0. The van der Waals surface area contributed by atoms with Crippen molar-refractivity contribution in [3.05, 3.63) is 77.4 Å². The van der Waals surface area contributed by atoms with Gasteiger partial charge in [0, 0.05) is 42.5 Å². The minimum Gasteiger partial charge on any atom is -0.355 e. The minimum atomic E-state index is -4.96. The Morgan fingerprint density at radius 3 is 2.26 bits per heavy atom. The molecule has 0 saturated carbocycles. The SMILES string of the molecule is N#Cc1ccc(CCCNc2nc(-c3cc(C(F)(F)F)cc(C(F)(F)F)c3)cc3nccn23)nc1. The van der Waals surface area contributed by atoms with Gasteiger partial charge in [-0.1, -0.05) is 0 Å². The van der Waals surface area contributed by atoms with Gasteiger partial charge in [-0.2, -0.15) is 31.6 Å². The van der Waals surface area contributed by atoms with Crippen molar-refractivity contribution in [3.63, 3.8) is 0 Å². The molecule has 0 aliphatic heterocycles. The summed E-state index contributed by atoms with van der Waals surface area (Å²) in [5, 5.41) is 11.9. The predicted octanol–water partition coefficient (Wildman–Crippen LogP) is 5.75. The van der Waals surface area contributed by atoms with Gasteiger partial charge in [0.05, 0.1) is 22.4 Å². The Bertz CT molecular complexity index is 1350. The lowest BCUT2D eigenvalue weighted by Gasteiger charge is -2.15. The predicted molar refractivity (Wildman–Crippen MR) is 114 cm³/mol. The third-order valence-electron chi connectivity index (χ3n) is 5.12. The molecule has 4 rings (SSSR count). The summed E-state index contributed by atoms with van der Waals surface area (Å²) in [5.74, 6) is 0.216. The van der Waals surface area contributed by atoms with Crippen LogP contribution in [0.4, 0.5) is 32.3 Å². The van der Waals surface area contributed by atoms with Gasteiger partial charge < -0.3 is 5.32 Å². The van der Waals surface area contributed by atoms with Gasteiger partial charge in [0.25, 0.3) is 0 Å². The van der Waals surface area contributed by atoms with Crippen LogP contribution in [0, 0.1) is 11.3 Å². The molecule has 0 radical (unpaired) electrons. The molecule has 6 nitrogen and oxygen atoms in total. The Labute approximate surface area is 194 Å². The largest absolute Gasteiger partial charge is 0.416 e. The molecule has 0 spiro atoms. The van der Waals surface area contributed by atoms with Gasteiger partial charge >= 0.3 is 12.4 Å². The number of aryl methyl sites for hydroxylation is 1. The first kappa shape index (κ1) is 24.0. The number of anilines is 1. The van der Waals surface area contributed by atoms with Gasteiger partial charge in [0.1, 0.15) is 11.7 Å². The van der Waals surface area contributed by atoms with E-state index in [-0.39, 0.29) is 23.3 Å². The maximum Gasteiger partial charge on any atom is 0.416 e. The van der Waals surface area contributed by atoms with Crippen molar-refractivity contribution in [2.24, 2.45) is 0 Å². The molecule has 180 valence electrons. The van der Waals surface area contributed by atoms with E-state index in [1.807, 2.05) is 6.07 Å². The Balaban J connectivity index is 1.61. The highest BCUT2D eigenvalue weighted by molar-refractivity contribution is 5.68. The molecule has 0 unspecified atom stereocenters. The van der Waals surface area contributed by atoms with Gasteiger partial charge in [0.15, 0.2) is 0 Å². The van der Waals surface area contributed by atoms with Crippen molar-refractivity contribution in [3.8, 4) is 17.3 Å². The van der Waals surface area contributed by atoms with E-state index in [0.717, 1.165) is 5.69 Å². The van der Waals surface area contributed by atoms with Crippen molar-refractivity contribution in [2.45, 2.75) is 25.2 Å². The number of benzene rings is 1. The van der Waals surface area contributed by atoms with E-state index in [4.69, 9.17) is 5.26 Å². The summed E-state index contributed by atoms with van der Waals surface area (Å²) in [6.45, 7) is 0.391. The second-order valence-electron chi connectivity index (χ2n) is 7.60. The number of fused-ring (bicyclic) bond motifs is 1. The zero-order valence-corrected chi connectivity index (χ0v) is 17.8. The lowest BCUT2D eigenvalue weighted by Crippen LogP contribution is -2.12. The van der Waals surface area contributed by atoms with Crippen molar-refractivity contribution in [1.29, 1.82) is 5.26 Å². The van der Waals surface area contributed by atoms with Gasteiger partial charge in [-0.25, -0.2) is 9.97 Å². The fourth-order valence-electron chi connectivity index (χ4n) is 3.41. The van der Waals surface area contributed by atoms with Crippen molar-refractivity contribution < 1.29 is 26.3 Å². The third-order valence-corrected chi connectivity index (χ3v) is 5.12. The molecule has 0 bridgehead atoms. The van der Waals surface area contributed by atoms with Gasteiger partial charge in [0.2, 0.25) is 5.95 Å². The smallest absolute Gasteiger partial charge is 0.355 e. The Morgan fingerprint density at radius 1 is 0.943 bits per heavy atom. The molecular weight excluding hydrogens is 474 g/mol. The summed E-state index contributed by atoms with van der Waals surface area (Å²) in [6.07, 6.45) is -4.27. The van der Waals surface area contributed by atoms with Crippen LogP contribution in [-0.2, 0) is 18.8 Å². The highest BCUT2D eigenvalue weighted by Crippen LogP contribution is 2.38. The first-order valence-corrected chi connectivity index (χ1v) is 10.3. The standard InChI is InChI=1S/C23H16F6N6/c24-22(25,26)16-8-15(9-17(10-16)23(27,28)29)19-11-20-31-6-7-35(20)21(34-19)32-5-1-2-18-4-3-14(12-30)13-33-18/h3-4,6-11,13H,1-2,5H2,(H,32,34). The van der Waals surface area contributed by atoms with Gasteiger partial charge in [-0.15, -0.1) is 0 Å². The number of nitrogens with one attached hydrogen (secondary N) is 1. The fraction of sp³-hybridized carbons (Fsp3) is 0.217. The second-order valence-corrected chi connectivity index (χ2v) is 7.60. The molecule has 0 fully saturated rings. The van der Waals surface area contributed by atoms with Crippen molar-refractivity contribution >= 4 is 11.6 Å². The van der Waals surface area contributed by atoms with E-state index in [1.54, 1.807) is 22.7 Å². The Kier molecular flexibility index (Phi) is 6.34. The van der Waals surface area contributed by atoms with Gasteiger partial charge in [-0.3, -0.25) is 9.38 Å². The third kappa shape index (κ3) is 5.51. The normalized spacial score (nSPS) is 12.0. The fourth-order valence-corrected chi connectivity index (χ4v) is 3.41. The lowest BCUT2D eigenvalue weighted by molar-refractivity contribution is -0.143. The van der Waals surface area contributed by atoms with E-state index in [9.17, 15) is 26.3 Å². The van der Waals surface area contributed by atoms with E-state index >= 15 is 0 Å². The van der Waals surface area contributed by atoms with Crippen molar-refractivity contribution in [1.82, 2.24) is 19.4 Å². The number of rotatable bonds is 6. The van der Waals surface area contributed by atoms with Crippen molar-refractivity contribution in [2.75, 3.05) is 11.9 Å². The average Bonchev–Trinajstić information content (AvgIpc) is 3.29. The molecule has 3 heterocycles. The number of nitrogens with zero attached hydrogens (tertiary/aromatic N) is 5. The second kappa shape index (κ2) is 9.25. The maximum absolute atomic E-state index is 13.3. The summed E-state index contributed by atoms with van der Waals surface area (Å²) in [6, 6.07) is 8.04. The van der Waals surface area contributed by atoms with Crippen LogP contribution in [-0.4, -0.2) is 25.9 Å². The first-order valence-electron chi connectivity index (χ1n) is 10.3. The number of pyridine rings is 1. The topological polar surface area (TPSA) is 78.9 Å². The molecule has 3 aromatic heterocycles. The maximum atomic E-state index is 13.3. The van der Waals surface area contributed by atoms with E-state index < -0.39 is 23.5 Å².